The second-order valence-electron chi connectivity index (χ2n) is 7.19. The second kappa shape index (κ2) is 9.31. The van der Waals surface area contributed by atoms with E-state index in [0.717, 1.165) is 39.6 Å². The number of hydrogen-bond acceptors (Lipinski definition) is 4. The van der Waals surface area contributed by atoms with Gasteiger partial charge in [-0.1, -0.05) is 48.5 Å². The summed E-state index contributed by atoms with van der Waals surface area (Å²) in [5.41, 5.74) is 4.10. The Bertz CT molecular complexity index is 1100. The molecule has 0 saturated heterocycles. The summed E-state index contributed by atoms with van der Waals surface area (Å²) in [6.45, 7) is 5.02. The molecule has 0 spiro atoms. The molecule has 0 bridgehead atoms. The number of nitrogens with zero attached hydrogens (tertiary/aromatic N) is 1. The second-order valence-corrected chi connectivity index (χ2v) is 7.19. The number of hydrogen-bond donors (Lipinski definition) is 0. The third kappa shape index (κ3) is 4.90. The molecular weight excluding hydrogens is 374 g/mol. The Kier molecular flexibility index (Phi) is 6.14. The van der Waals surface area contributed by atoms with Crippen LogP contribution in [0.25, 0.3) is 11.5 Å². The third-order valence-corrected chi connectivity index (χ3v) is 4.91. The maximum Gasteiger partial charge on any atom is 0.226 e. The largest absolute Gasteiger partial charge is 0.493 e. The molecule has 4 heteroatoms. The molecule has 0 amide bonds. The van der Waals surface area contributed by atoms with Crippen molar-refractivity contribution in [3.8, 4) is 23.0 Å². The molecule has 0 radical (unpaired) electrons. The normalized spacial score (nSPS) is 10.7. The lowest BCUT2D eigenvalue weighted by Gasteiger charge is -2.10. The monoisotopic (exact) mass is 399 g/mol. The van der Waals surface area contributed by atoms with Crippen LogP contribution in [0.2, 0.25) is 0 Å². The summed E-state index contributed by atoms with van der Waals surface area (Å²) >= 11 is 0. The van der Waals surface area contributed by atoms with Crippen molar-refractivity contribution in [2.24, 2.45) is 0 Å². The minimum atomic E-state index is 0.505. The molecule has 0 unspecified atom stereocenters. The van der Waals surface area contributed by atoms with Gasteiger partial charge in [-0.25, -0.2) is 4.98 Å². The Morgan fingerprint density at radius 2 is 1.63 bits per heavy atom. The van der Waals surface area contributed by atoms with Gasteiger partial charge in [-0.05, 0) is 55.3 Å². The number of rotatable bonds is 8. The van der Waals surface area contributed by atoms with E-state index in [9.17, 15) is 0 Å². The molecular formula is C26H25NO3. The molecule has 1 aromatic heterocycles. The van der Waals surface area contributed by atoms with Crippen LogP contribution < -0.4 is 9.47 Å². The van der Waals surface area contributed by atoms with Crippen molar-refractivity contribution in [1.82, 2.24) is 4.98 Å². The summed E-state index contributed by atoms with van der Waals surface area (Å²) in [6.07, 6.45) is 0.687. The Labute approximate surface area is 177 Å². The van der Waals surface area contributed by atoms with Crippen LogP contribution in [0, 0.1) is 13.8 Å². The zero-order chi connectivity index (χ0) is 20.8. The summed E-state index contributed by atoms with van der Waals surface area (Å²) in [5.74, 6) is 3.21. The molecule has 0 saturated carbocycles. The number of aryl methyl sites for hydroxylation is 2. The molecule has 0 atom stereocenters. The van der Waals surface area contributed by atoms with Gasteiger partial charge in [0.25, 0.3) is 0 Å². The molecule has 0 aliphatic rings. The first-order valence-electron chi connectivity index (χ1n) is 10.1. The van der Waals surface area contributed by atoms with Gasteiger partial charge in [-0.15, -0.1) is 0 Å². The van der Waals surface area contributed by atoms with Gasteiger partial charge in [0.1, 0.15) is 23.9 Å². The van der Waals surface area contributed by atoms with Crippen LogP contribution in [0.15, 0.2) is 83.3 Å². The molecule has 30 heavy (non-hydrogen) atoms. The van der Waals surface area contributed by atoms with E-state index < -0.39 is 0 Å². The minimum Gasteiger partial charge on any atom is -0.493 e. The third-order valence-electron chi connectivity index (χ3n) is 4.91. The minimum absolute atomic E-state index is 0.505. The van der Waals surface area contributed by atoms with Crippen LogP contribution in [0.1, 0.15) is 22.6 Å². The van der Waals surface area contributed by atoms with Crippen molar-refractivity contribution in [3.05, 3.63) is 101 Å². The standard InChI is InChI=1S/C26H25NO3/c1-19-9-6-7-14-25(19)29-18-21-10-8-13-23(17-21)28-16-15-24-20(2)30-26(27-24)22-11-4-3-5-12-22/h3-14,17H,15-16,18H2,1-2H3. The molecule has 0 aliphatic heterocycles. The van der Waals surface area contributed by atoms with E-state index >= 15 is 0 Å². The van der Waals surface area contributed by atoms with Gasteiger partial charge in [0.15, 0.2) is 0 Å². The van der Waals surface area contributed by atoms with Gasteiger partial charge < -0.3 is 13.9 Å². The number of benzene rings is 3. The maximum absolute atomic E-state index is 5.96. The molecule has 0 fully saturated rings. The van der Waals surface area contributed by atoms with Crippen molar-refractivity contribution >= 4 is 0 Å². The van der Waals surface area contributed by atoms with Crippen molar-refractivity contribution < 1.29 is 13.9 Å². The lowest BCUT2D eigenvalue weighted by Crippen LogP contribution is -2.03. The number of oxazole rings is 1. The molecule has 4 rings (SSSR count). The van der Waals surface area contributed by atoms with Crippen molar-refractivity contribution in [2.75, 3.05) is 6.61 Å². The van der Waals surface area contributed by atoms with E-state index in [1.807, 2.05) is 92.7 Å². The molecule has 0 aliphatic carbocycles. The topological polar surface area (TPSA) is 44.5 Å². The van der Waals surface area contributed by atoms with Crippen LogP contribution in [-0.4, -0.2) is 11.6 Å². The van der Waals surface area contributed by atoms with Crippen molar-refractivity contribution in [2.45, 2.75) is 26.9 Å². The molecule has 3 aromatic carbocycles. The summed E-state index contributed by atoms with van der Waals surface area (Å²) in [4.78, 5) is 4.63. The summed E-state index contributed by atoms with van der Waals surface area (Å²) in [6, 6.07) is 26.0. The van der Waals surface area contributed by atoms with E-state index in [4.69, 9.17) is 13.9 Å². The van der Waals surface area contributed by atoms with Crippen LogP contribution in [0.3, 0.4) is 0 Å². The fourth-order valence-corrected chi connectivity index (χ4v) is 3.23. The predicted octanol–water partition coefficient (Wildman–Crippen LogP) is 6.16. The Balaban J connectivity index is 1.33. The molecule has 0 N–H and O–H groups in total. The summed E-state index contributed by atoms with van der Waals surface area (Å²) in [5, 5.41) is 0. The maximum atomic E-state index is 5.96. The highest BCUT2D eigenvalue weighted by molar-refractivity contribution is 5.53. The predicted molar refractivity (Wildman–Crippen MR) is 118 cm³/mol. The molecule has 1 heterocycles. The van der Waals surface area contributed by atoms with Crippen LogP contribution in [0.4, 0.5) is 0 Å². The molecule has 4 nitrogen and oxygen atoms in total. The first kappa shape index (κ1) is 19.8. The smallest absolute Gasteiger partial charge is 0.226 e. The van der Waals surface area contributed by atoms with Gasteiger partial charge >= 0.3 is 0 Å². The Hall–Kier alpha value is -3.53. The van der Waals surface area contributed by atoms with Gasteiger partial charge in [0.2, 0.25) is 5.89 Å². The highest BCUT2D eigenvalue weighted by Crippen LogP contribution is 2.23. The SMILES string of the molecule is Cc1ccccc1OCc1cccc(OCCc2nc(-c3ccccc3)oc2C)c1. The van der Waals surface area contributed by atoms with Crippen LogP contribution in [-0.2, 0) is 13.0 Å². The fourth-order valence-electron chi connectivity index (χ4n) is 3.23. The van der Waals surface area contributed by atoms with Crippen LogP contribution in [0.5, 0.6) is 11.5 Å². The highest BCUT2D eigenvalue weighted by Gasteiger charge is 2.11. The van der Waals surface area contributed by atoms with E-state index in [1.54, 1.807) is 0 Å². The van der Waals surface area contributed by atoms with E-state index in [2.05, 4.69) is 4.98 Å². The van der Waals surface area contributed by atoms with Crippen molar-refractivity contribution in [1.29, 1.82) is 0 Å². The average molecular weight is 399 g/mol. The van der Waals surface area contributed by atoms with Gasteiger partial charge in [-0.3, -0.25) is 0 Å². The first-order valence-corrected chi connectivity index (χ1v) is 10.1. The molecule has 152 valence electrons. The summed E-state index contributed by atoms with van der Waals surface area (Å²) < 4.78 is 17.7. The van der Waals surface area contributed by atoms with Crippen molar-refractivity contribution in [3.63, 3.8) is 0 Å². The first-order chi connectivity index (χ1) is 14.7. The Morgan fingerprint density at radius 3 is 2.47 bits per heavy atom. The number of para-hydroxylation sites is 1. The summed E-state index contributed by atoms with van der Waals surface area (Å²) in [7, 11) is 0. The van der Waals surface area contributed by atoms with Crippen LogP contribution >= 0.6 is 0 Å². The zero-order valence-corrected chi connectivity index (χ0v) is 17.3. The van der Waals surface area contributed by atoms with Gasteiger partial charge in [-0.2, -0.15) is 0 Å². The van der Waals surface area contributed by atoms with Gasteiger partial charge in [0.05, 0.1) is 12.3 Å². The highest BCUT2D eigenvalue weighted by atomic mass is 16.5. The fraction of sp³-hybridized carbons (Fsp3) is 0.192. The lowest BCUT2D eigenvalue weighted by atomic mass is 10.2. The van der Waals surface area contributed by atoms with E-state index in [0.29, 0.717) is 25.5 Å². The number of ether oxygens (including phenoxy) is 2. The van der Waals surface area contributed by atoms with E-state index in [-0.39, 0.29) is 0 Å². The Morgan fingerprint density at radius 1 is 0.833 bits per heavy atom. The average Bonchev–Trinajstić information content (AvgIpc) is 3.15. The van der Waals surface area contributed by atoms with E-state index in [1.165, 1.54) is 0 Å². The molecule has 4 aromatic rings. The quantitative estimate of drug-likeness (QED) is 0.356. The lowest BCUT2D eigenvalue weighted by molar-refractivity contribution is 0.299. The number of aromatic nitrogens is 1. The van der Waals surface area contributed by atoms with Gasteiger partial charge in [0, 0.05) is 12.0 Å². The zero-order valence-electron chi connectivity index (χ0n) is 17.3.